The van der Waals surface area contributed by atoms with Crippen LogP contribution in [0.2, 0.25) is 0 Å². The van der Waals surface area contributed by atoms with Gasteiger partial charge in [0.25, 0.3) is 0 Å². The molecule has 0 saturated carbocycles. The Labute approximate surface area is 120 Å². The molecule has 4 nitrogen and oxygen atoms in total. The van der Waals surface area contributed by atoms with Crippen molar-refractivity contribution in [1.82, 2.24) is 4.72 Å². The molecule has 0 spiro atoms. The van der Waals surface area contributed by atoms with Gasteiger partial charge in [-0.2, -0.15) is 0 Å². The maximum absolute atomic E-state index is 13.4. The Kier molecular flexibility index (Phi) is 5.29. The monoisotopic (exact) mass is 303 g/mol. The third-order valence-corrected chi connectivity index (χ3v) is 4.64. The Morgan fingerprint density at radius 3 is 2.55 bits per heavy atom. The summed E-state index contributed by atoms with van der Waals surface area (Å²) in [4.78, 5) is -0.0506. The van der Waals surface area contributed by atoms with Crippen LogP contribution in [-0.2, 0) is 10.0 Å². The molecule has 0 unspecified atom stereocenters. The lowest BCUT2D eigenvalue weighted by atomic mass is 9.87. The van der Waals surface area contributed by atoms with E-state index in [4.69, 9.17) is 0 Å². The average molecular weight is 303 g/mol. The number of benzene rings is 1. The number of halogens is 1. The summed E-state index contributed by atoms with van der Waals surface area (Å²) >= 11 is 0. The summed E-state index contributed by atoms with van der Waals surface area (Å²) in [5.74, 6) is -0.545. The first kappa shape index (κ1) is 17.1. The number of hydrogen-bond donors (Lipinski definition) is 2. The molecular weight excluding hydrogens is 281 g/mol. The number of sulfonamides is 1. The van der Waals surface area contributed by atoms with Crippen molar-refractivity contribution < 1.29 is 17.9 Å². The van der Waals surface area contributed by atoms with Crippen molar-refractivity contribution in [2.45, 2.75) is 45.1 Å². The fraction of sp³-hybridized carbons (Fsp3) is 0.571. The van der Waals surface area contributed by atoms with Gasteiger partial charge in [0.05, 0.1) is 11.0 Å². The largest absolute Gasteiger partial charge is 0.393 e. The van der Waals surface area contributed by atoms with Crippen LogP contribution in [0.5, 0.6) is 0 Å². The van der Waals surface area contributed by atoms with Crippen molar-refractivity contribution in [3.63, 3.8) is 0 Å². The first-order valence-electron chi connectivity index (χ1n) is 6.48. The van der Waals surface area contributed by atoms with E-state index in [0.717, 1.165) is 0 Å². The molecule has 114 valence electrons. The molecule has 0 aliphatic heterocycles. The predicted octanol–water partition coefficient (Wildman–Crippen LogP) is 2.21. The van der Waals surface area contributed by atoms with Gasteiger partial charge >= 0.3 is 0 Å². The highest BCUT2D eigenvalue weighted by molar-refractivity contribution is 7.89. The summed E-state index contributed by atoms with van der Waals surface area (Å²) in [6, 6.07) is 3.98. The average Bonchev–Trinajstić information content (AvgIpc) is 2.29. The van der Waals surface area contributed by atoms with Gasteiger partial charge in [-0.05, 0) is 37.8 Å². The summed E-state index contributed by atoms with van der Waals surface area (Å²) < 4.78 is 40.3. The van der Waals surface area contributed by atoms with Gasteiger partial charge in [0, 0.05) is 12.1 Å². The molecule has 0 fully saturated rings. The summed E-state index contributed by atoms with van der Waals surface area (Å²) in [7, 11) is -3.75. The van der Waals surface area contributed by atoms with Gasteiger partial charge in [0.15, 0.2) is 0 Å². The third kappa shape index (κ3) is 4.54. The van der Waals surface area contributed by atoms with Crippen LogP contribution in [0.1, 0.15) is 32.8 Å². The van der Waals surface area contributed by atoms with Crippen LogP contribution in [0.25, 0.3) is 0 Å². The van der Waals surface area contributed by atoms with E-state index in [-0.39, 0.29) is 22.4 Å². The lowest BCUT2D eigenvalue weighted by Crippen LogP contribution is -2.36. The van der Waals surface area contributed by atoms with Crippen molar-refractivity contribution in [3.05, 3.63) is 29.6 Å². The Hall–Kier alpha value is -0.980. The molecule has 0 aliphatic carbocycles. The zero-order valence-electron chi connectivity index (χ0n) is 12.3. The molecule has 0 radical (unpaired) electrons. The normalized spacial score (nSPS) is 14.3. The van der Waals surface area contributed by atoms with E-state index in [0.29, 0.717) is 6.42 Å². The van der Waals surface area contributed by atoms with E-state index in [1.165, 1.54) is 25.1 Å². The minimum atomic E-state index is -3.75. The van der Waals surface area contributed by atoms with Gasteiger partial charge in [-0.15, -0.1) is 0 Å². The molecule has 1 rings (SSSR count). The molecule has 1 aromatic rings. The van der Waals surface area contributed by atoms with Crippen molar-refractivity contribution in [2.75, 3.05) is 6.54 Å². The molecule has 1 atom stereocenters. The molecule has 2 N–H and O–H groups in total. The lowest BCUT2D eigenvalue weighted by Gasteiger charge is -2.26. The summed E-state index contributed by atoms with van der Waals surface area (Å²) in [6.07, 6.45) is -0.0390. The highest BCUT2D eigenvalue weighted by atomic mass is 32.2. The number of aliphatic hydroxyl groups excluding tert-OH is 1. The van der Waals surface area contributed by atoms with Crippen LogP contribution < -0.4 is 4.72 Å². The molecule has 0 aliphatic rings. The van der Waals surface area contributed by atoms with E-state index in [9.17, 15) is 17.9 Å². The maximum Gasteiger partial charge on any atom is 0.240 e. The van der Waals surface area contributed by atoms with Gasteiger partial charge in [-0.3, -0.25) is 0 Å². The minimum Gasteiger partial charge on any atom is -0.393 e. The van der Waals surface area contributed by atoms with Crippen LogP contribution in [0.15, 0.2) is 23.1 Å². The molecule has 0 amide bonds. The number of rotatable bonds is 6. The Bertz CT molecular complexity index is 568. The van der Waals surface area contributed by atoms with Gasteiger partial charge < -0.3 is 5.11 Å². The molecular formula is C14H22FNO3S. The van der Waals surface area contributed by atoms with Gasteiger partial charge in [-0.25, -0.2) is 17.5 Å². The quantitative estimate of drug-likeness (QED) is 0.847. The second kappa shape index (κ2) is 6.20. The molecule has 6 heteroatoms. The molecule has 0 bridgehead atoms. The molecule has 0 aromatic heterocycles. The van der Waals surface area contributed by atoms with E-state index >= 15 is 0 Å². The Morgan fingerprint density at radius 2 is 2.00 bits per heavy atom. The first-order valence-corrected chi connectivity index (χ1v) is 7.96. The fourth-order valence-corrected chi connectivity index (χ4v) is 3.61. The topological polar surface area (TPSA) is 66.4 Å². The van der Waals surface area contributed by atoms with Crippen LogP contribution in [-0.4, -0.2) is 26.2 Å². The van der Waals surface area contributed by atoms with Crippen LogP contribution in [0.3, 0.4) is 0 Å². The van der Waals surface area contributed by atoms with Crippen molar-refractivity contribution in [3.8, 4) is 0 Å². The number of aliphatic hydroxyl groups is 1. The highest BCUT2D eigenvalue weighted by Gasteiger charge is 2.25. The second-order valence-corrected chi connectivity index (χ2v) is 7.64. The smallest absolute Gasteiger partial charge is 0.240 e. The minimum absolute atomic E-state index is 0.0506. The summed E-state index contributed by atoms with van der Waals surface area (Å²) in [5.41, 5.74) is -0.282. The SMILES string of the molecule is Cc1c(F)cccc1S(=O)(=O)NCC(C)(C)C[C@@H](C)O. The van der Waals surface area contributed by atoms with Crippen LogP contribution >= 0.6 is 0 Å². The molecule has 20 heavy (non-hydrogen) atoms. The Balaban J connectivity index is 2.89. The summed E-state index contributed by atoms with van der Waals surface area (Å²) in [6.45, 7) is 7.00. The van der Waals surface area contributed by atoms with E-state index < -0.39 is 21.9 Å². The standard InChI is InChI=1S/C14H22FNO3S/c1-10(17)8-14(3,4)9-16-20(18,19)13-7-5-6-12(15)11(13)2/h5-7,10,16-17H,8-9H2,1-4H3/t10-/m1/s1. The third-order valence-electron chi connectivity index (χ3n) is 3.10. The van der Waals surface area contributed by atoms with Crippen molar-refractivity contribution in [1.29, 1.82) is 0 Å². The van der Waals surface area contributed by atoms with Crippen molar-refractivity contribution >= 4 is 10.0 Å². The molecule has 0 saturated heterocycles. The zero-order valence-corrected chi connectivity index (χ0v) is 13.1. The van der Waals surface area contributed by atoms with Crippen LogP contribution in [0.4, 0.5) is 4.39 Å². The van der Waals surface area contributed by atoms with Crippen molar-refractivity contribution in [2.24, 2.45) is 5.41 Å². The second-order valence-electron chi connectivity index (χ2n) is 5.90. The van der Waals surface area contributed by atoms with Gasteiger partial charge in [0.1, 0.15) is 5.82 Å². The van der Waals surface area contributed by atoms with Crippen LogP contribution in [0, 0.1) is 18.2 Å². The van der Waals surface area contributed by atoms with E-state index in [2.05, 4.69) is 4.72 Å². The number of hydrogen-bond acceptors (Lipinski definition) is 3. The maximum atomic E-state index is 13.4. The van der Waals surface area contributed by atoms with Gasteiger partial charge in [0.2, 0.25) is 10.0 Å². The zero-order chi connectivity index (χ0) is 15.6. The molecule has 1 aromatic carbocycles. The number of nitrogens with one attached hydrogen (secondary N) is 1. The lowest BCUT2D eigenvalue weighted by molar-refractivity contribution is 0.131. The predicted molar refractivity (Wildman–Crippen MR) is 76.4 cm³/mol. The molecule has 0 heterocycles. The van der Waals surface area contributed by atoms with E-state index in [1.54, 1.807) is 6.92 Å². The first-order chi connectivity index (χ1) is 9.05. The highest BCUT2D eigenvalue weighted by Crippen LogP contribution is 2.23. The summed E-state index contributed by atoms with van der Waals surface area (Å²) in [5, 5.41) is 9.39. The Morgan fingerprint density at radius 1 is 1.40 bits per heavy atom. The van der Waals surface area contributed by atoms with Gasteiger partial charge in [-0.1, -0.05) is 19.9 Å². The van der Waals surface area contributed by atoms with E-state index in [1.807, 2.05) is 13.8 Å². The fourth-order valence-electron chi connectivity index (χ4n) is 2.12.